The summed E-state index contributed by atoms with van der Waals surface area (Å²) in [5, 5.41) is 4.70. The van der Waals surface area contributed by atoms with Crippen molar-refractivity contribution in [1.29, 1.82) is 0 Å². The smallest absolute Gasteiger partial charge is 0.0954 e. The minimum absolute atomic E-state index is 0.631. The predicted octanol–water partition coefficient (Wildman–Crippen LogP) is 2.36. The lowest BCUT2D eigenvalue weighted by Gasteiger charge is -2.21. The van der Waals surface area contributed by atoms with Crippen molar-refractivity contribution in [2.24, 2.45) is 0 Å². The maximum Gasteiger partial charge on any atom is 0.0954 e. The van der Waals surface area contributed by atoms with Crippen LogP contribution in [0.2, 0.25) is 0 Å². The van der Waals surface area contributed by atoms with Crippen molar-refractivity contribution < 1.29 is 4.74 Å². The van der Waals surface area contributed by atoms with Gasteiger partial charge >= 0.3 is 0 Å². The molecular weight excluding hydrogens is 232 g/mol. The van der Waals surface area contributed by atoms with E-state index in [9.17, 15) is 0 Å². The average molecular weight is 254 g/mol. The number of methoxy groups -OCH3 is 1. The Balaban J connectivity index is 2.05. The number of nitrogens with one attached hydrogen (secondary N) is 1. The summed E-state index contributed by atoms with van der Waals surface area (Å²) in [5.74, 6) is 0.631. The highest BCUT2D eigenvalue weighted by molar-refractivity contribution is 7.11. The molecule has 3 nitrogen and oxygen atoms in total. The number of nitrogens with zero attached hydrogens (tertiary/aromatic N) is 1. The minimum atomic E-state index is 0.631. The van der Waals surface area contributed by atoms with Crippen LogP contribution < -0.4 is 5.32 Å². The van der Waals surface area contributed by atoms with Crippen LogP contribution in [-0.4, -0.2) is 31.8 Å². The van der Waals surface area contributed by atoms with E-state index in [1.165, 1.54) is 34.8 Å². The number of thiazole rings is 1. The molecule has 1 N–H and O–H groups in total. The Bertz CT molecular complexity index is 351. The van der Waals surface area contributed by atoms with Crippen LogP contribution in [0.5, 0.6) is 0 Å². The third-order valence-corrected chi connectivity index (χ3v) is 4.47. The lowest BCUT2D eigenvalue weighted by Crippen LogP contribution is -2.24. The van der Waals surface area contributed by atoms with Gasteiger partial charge in [0.1, 0.15) is 0 Å². The lowest BCUT2D eigenvalue weighted by atomic mass is 9.91. The molecule has 17 heavy (non-hydrogen) atoms. The predicted molar refractivity (Wildman–Crippen MR) is 71.9 cm³/mol. The van der Waals surface area contributed by atoms with Crippen LogP contribution >= 0.6 is 11.3 Å². The van der Waals surface area contributed by atoms with Gasteiger partial charge < -0.3 is 10.1 Å². The third kappa shape index (κ3) is 3.27. The molecule has 0 aromatic carbocycles. The van der Waals surface area contributed by atoms with Crippen molar-refractivity contribution in [3.63, 3.8) is 0 Å². The standard InChI is InChI=1S/C13H22N2OS/c1-3-14-9-10-5-4-6-11-13(10)15-12(17-11)7-8-16-2/h10,14H,3-9H2,1-2H3. The number of rotatable bonds is 6. The van der Waals surface area contributed by atoms with Crippen LogP contribution in [-0.2, 0) is 17.6 Å². The van der Waals surface area contributed by atoms with E-state index in [1.54, 1.807) is 7.11 Å². The second-order valence-corrected chi connectivity index (χ2v) is 5.72. The molecule has 4 heteroatoms. The van der Waals surface area contributed by atoms with E-state index in [4.69, 9.17) is 9.72 Å². The number of hydrogen-bond donors (Lipinski definition) is 1. The highest BCUT2D eigenvalue weighted by Crippen LogP contribution is 2.34. The molecule has 1 heterocycles. The summed E-state index contributed by atoms with van der Waals surface area (Å²) in [6.45, 7) is 5.07. The van der Waals surface area contributed by atoms with Crippen LogP contribution in [0.1, 0.15) is 41.3 Å². The van der Waals surface area contributed by atoms with E-state index in [0.29, 0.717) is 5.92 Å². The van der Waals surface area contributed by atoms with Gasteiger partial charge in [-0.15, -0.1) is 11.3 Å². The van der Waals surface area contributed by atoms with E-state index >= 15 is 0 Å². The maximum absolute atomic E-state index is 5.12. The summed E-state index contributed by atoms with van der Waals surface area (Å²) in [6.07, 6.45) is 4.78. The first kappa shape index (κ1) is 13.0. The molecular formula is C13H22N2OS. The summed E-state index contributed by atoms with van der Waals surface area (Å²) < 4.78 is 5.12. The Morgan fingerprint density at radius 3 is 3.18 bits per heavy atom. The van der Waals surface area contributed by atoms with Crippen molar-refractivity contribution in [1.82, 2.24) is 10.3 Å². The lowest BCUT2D eigenvalue weighted by molar-refractivity contribution is 0.202. The Kier molecular flexibility index (Phi) is 4.95. The fourth-order valence-corrected chi connectivity index (χ4v) is 3.55. The average Bonchev–Trinajstić information content (AvgIpc) is 2.77. The first-order valence-corrected chi connectivity index (χ1v) is 7.35. The number of likely N-dealkylation sites (N-methyl/N-ethyl adjacent to an activating group) is 1. The first-order chi connectivity index (χ1) is 8.35. The van der Waals surface area contributed by atoms with E-state index < -0.39 is 0 Å². The van der Waals surface area contributed by atoms with E-state index in [-0.39, 0.29) is 0 Å². The fourth-order valence-electron chi connectivity index (χ4n) is 2.37. The molecule has 0 radical (unpaired) electrons. The van der Waals surface area contributed by atoms with Crippen molar-refractivity contribution in [3.8, 4) is 0 Å². The highest BCUT2D eigenvalue weighted by Gasteiger charge is 2.24. The quantitative estimate of drug-likeness (QED) is 0.846. The first-order valence-electron chi connectivity index (χ1n) is 6.53. The SMILES string of the molecule is CCNCC1CCCc2sc(CCOC)nc21. The van der Waals surface area contributed by atoms with Crippen molar-refractivity contribution in [2.75, 3.05) is 26.8 Å². The topological polar surface area (TPSA) is 34.1 Å². The van der Waals surface area contributed by atoms with Gasteiger partial charge in [-0.3, -0.25) is 0 Å². The van der Waals surface area contributed by atoms with Gasteiger partial charge in [0.15, 0.2) is 0 Å². The molecule has 96 valence electrons. The summed E-state index contributed by atoms with van der Waals surface area (Å²) >= 11 is 1.89. The second kappa shape index (κ2) is 6.47. The second-order valence-electron chi connectivity index (χ2n) is 4.56. The minimum Gasteiger partial charge on any atom is -0.384 e. The molecule has 0 bridgehead atoms. The number of aryl methyl sites for hydroxylation is 1. The van der Waals surface area contributed by atoms with E-state index in [2.05, 4.69) is 12.2 Å². The number of aromatic nitrogens is 1. The van der Waals surface area contributed by atoms with Gasteiger partial charge in [-0.05, 0) is 25.8 Å². The zero-order valence-electron chi connectivity index (χ0n) is 10.8. The summed E-state index contributed by atoms with van der Waals surface area (Å²) in [5.41, 5.74) is 1.37. The molecule has 1 aromatic rings. The van der Waals surface area contributed by atoms with Gasteiger partial charge in [-0.1, -0.05) is 6.92 Å². The Morgan fingerprint density at radius 1 is 1.53 bits per heavy atom. The number of ether oxygens (including phenoxy) is 1. The molecule has 0 saturated heterocycles. The van der Waals surface area contributed by atoms with Gasteiger partial charge in [0.05, 0.1) is 17.3 Å². The zero-order chi connectivity index (χ0) is 12.1. The molecule has 0 fully saturated rings. The van der Waals surface area contributed by atoms with Crippen molar-refractivity contribution in [3.05, 3.63) is 15.6 Å². The molecule has 1 aliphatic carbocycles. The summed E-state index contributed by atoms with van der Waals surface area (Å²) in [6, 6.07) is 0. The van der Waals surface area contributed by atoms with Gasteiger partial charge in [0.2, 0.25) is 0 Å². The Labute approximate surface area is 108 Å². The maximum atomic E-state index is 5.12. The molecule has 0 saturated carbocycles. The zero-order valence-corrected chi connectivity index (χ0v) is 11.6. The highest BCUT2D eigenvalue weighted by atomic mass is 32.1. The molecule has 0 spiro atoms. The summed E-state index contributed by atoms with van der Waals surface area (Å²) in [4.78, 5) is 6.34. The molecule has 1 atom stereocenters. The Hall–Kier alpha value is -0.450. The van der Waals surface area contributed by atoms with Crippen LogP contribution in [0.15, 0.2) is 0 Å². The van der Waals surface area contributed by atoms with Crippen molar-refractivity contribution in [2.45, 2.75) is 38.5 Å². The van der Waals surface area contributed by atoms with Gasteiger partial charge in [0, 0.05) is 30.9 Å². The summed E-state index contributed by atoms with van der Waals surface area (Å²) in [7, 11) is 1.75. The van der Waals surface area contributed by atoms with Gasteiger partial charge in [0.25, 0.3) is 0 Å². The molecule has 1 unspecified atom stereocenters. The molecule has 2 rings (SSSR count). The molecule has 0 aliphatic heterocycles. The normalized spacial score (nSPS) is 19.3. The van der Waals surface area contributed by atoms with Crippen LogP contribution in [0.4, 0.5) is 0 Å². The van der Waals surface area contributed by atoms with E-state index in [0.717, 1.165) is 26.1 Å². The fraction of sp³-hybridized carbons (Fsp3) is 0.769. The van der Waals surface area contributed by atoms with Crippen LogP contribution in [0.25, 0.3) is 0 Å². The molecule has 1 aliphatic rings. The Morgan fingerprint density at radius 2 is 2.41 bits per heavy atom. The largest absolute Gasteiger partial charge is 0.384 e. The van der Waals surface area contributed by atoms with E-state index in [1.807, 2.05) is 11.3 Å². The number of hydrogen-bond acceptors (Lipinski definition) is 4. The molecule has 1 aromatic heterocycles. The van der Waals surface area contributed by atoms with Gasteiger partial charge in [-0.2, -0.15) is 0 Å². The molecule has 0 amide bonds. The van der Waals surface area contributed by atoms with Crippen molar-refractivity contribution >= 4 is 11.3 Å². The van der Waals surface area contributed by atoms with Crippen LogP contribution in [0, 0.1) is 0 Å². The third-order valence-electron chi connectivity index (χ3n) is 3.28. The number of fused-ring (bicyclic) bond motifs is 1. The monoisotopic (exact) mass is 254 g/mol. The van der Waals surface area contributed by atoms with Crippen LogP contribution in [0.3, 0.4) is 0 Å². The van der Waals surface area contributed by atoms with Gasteiger partial charge in [-0.25, -0.2) is 4.98 Å².